The van der Waals surface area contributed by atoms with Crippen LogP contribution in [0.5, 0.6) is 0 Å². The Morgan fingerprint density at radius 3 is 2.71 bits per heavy atom. The van der Waals surface area contributed by atoms with E-state index in [1.807, 2.05) is 41.8 Å². The van der Waals surface area contributed by atoms with E-state index in [0.29, 0.717) is 6.04 Å². The van der Waals surface area contributed by atoms with Crippen LogP contribution in [0.1, 0.15) is 22.7 Å². The number of aliphatic hydroxyl groups excluding tert-OH is 1. The van der Waals surface area contributed by atoms with Crippen LogP contribution in [-0.2, 0) is 20.2 Å². The molecule has 5 heteroatoms. The van der Waals surface area contributed by atoms with Gasteiger partial charge in [0.05, 0.1) is 12.8 Å². The molecule has 0 spiro atoms. The second-order valence-corrected chi connectivity index (χ2v) is 6.63. The average Bonchev–Trinajstić information content (AvgIpc) is 2.95. The molecule has 112 valence electrons. The van der Waals surface area contributed by atoms with E-state index in [-0.39, 0.29) is 6.61 Å². The predicted molar refractivity (Wildman–Crippen MR) is 86.0 cm³/mol. The zero-order valence-corrected chi connectivity index (χ0v) is 13.1. The average molecular weight is 303 g/mol. The van der Waals surface area contributed by atoms with Gasteiger partial charge in [-0.1, -0.05) is 24.3 Å². The Balaban J connectivity index is 1.74. The fourth-order valence-corrected chi connectivity index (χ4v) is 3.89. The Morgan fingerprint density at radius 2 is 2.05 bits per heavy atom. The molecule has 0 amide bonds. The molecule has 0 radical (unpaired) electrons. The van der Waals surface area contributed by atoms with Gasteiger partial charge in [0.1, 0.15) is 0 Å². The summed E-state index contributed by atoms with van der Waals surface area (Å²) in [5, 5.41) is 13.4. The molecule has 1 fully saturated rings. The number of aryl methyl sites for hydroxylation is 1. The summed E-state index contributed by atoms with van der Waals surface area (Å²) in [4.78, 5) is 2.53. The number of hydrogen-bond acceptors (Lipinski definition) is 4. The maximum absolute atomic E-state index is 9.12. The fourth-order valence-electron chi connectivity index (χ4n) is 2.73. The summed E-state index contributed by atoms with van der Waals surface area (Å²) in [7, 11) is 1.97. The summed E-state index contributed by atoms with van der Waals surface area (Å²) in [6.45, 7) is 2.16. The molecular weight excluding hydrogens is 282 g/mol. The van der Waals surface area contributed by atoms with E-state index in [1.165, 1.54) is 16.9 Å². The maximum atomic E-state index is 9.12. The molecule has 1 aliphatic heterocycles. The molecule has 1 aromatic carbocycles. The van der Waals surface area contributed by atoms with E-state index in [9.17, 15) is 0 Å². The Labute approximate surface area is 129 Å². The minimum atomic E-state index is 0.110. The number of nitrogens with zero attached hydrogens (tertiary/aromatic N) is 3. The summed E-state index contributed by atoms with van der Waals surface area (Å²) in [6, 6.07) is 8.69. The molecule has 0 saturated carbocycles. The van der Waals surface area contributed by atoms with E-state index < -0.39 is 0 Å². The van der Waals surface area contributed by atoms with Gasteiger partial charge in [0.2, 0.25) is 0 Å². The highest BCUT2D eigenvalue weighted by molar-refractivity contribution is 7.99. The first-order valence-electron chi connectivity index (χ1n) is 7.25. The second kappa shape index (κ2) is 6.64. The van der Waals surface area contributed by atoms with Crippen LogP contribution >= 0.6 is 11.8 Å². The van der Waals surface area contributed by atoms with Crippen LogP contribution in [0.25, 0.3) is 0 Å². The van der Waals surface area contributed by atoms with Gasteiger partial charge in [-0.15, -0.1) is 0 Å². The second-order valence-electron chi connectivity index (χ2n) is 5.48. The summed E-state index contributed by atoms with van der Waals surface area (Å²) < 4.78 is 1.88. The Kier molecular flexibility index (Phi) is 4.63. The number of rotatable bonds is 4. The van der Waals surface area contributed by atoms with Crippen LogP contribution in [0.15, 0.2) is 36.7 Å². The molecule has 2 aromatic rings. The van der Waals surface area contributed by atoms with Gasteiger partial charge in [0.15, 0.2) is 0 Å². The van der Waals surface area contributed by atoms with E-state index >= 15 is 0 Å². The zero-order chi connectivity index (χ0) is 14.7. The lowest BCUT2D eigenvalue weighted by Gasteiger charge is -2.35. The van der Waals surface area contributed by atoms with Crippen LogP contribution in [0.3, 0.4) is 0 Å². The Hall–Kier alpha value is -1.30. The number of aromatic nitrogens is 2. The van der Waals surface area contributed by atoms with Crippen molar-refractivity contribution in [3.8, 4) is 0 Å². The molecule has 1 atom stereocenters. The first-order valence-corrected chi connectivity index (χ1v) is 8.41. The van der Waals surface area contributed by atoms with Crippen molar-refractivity contribution >= 4 is 11.8 Å². The van der Waals surface area contributed by atoms with E-state index in [0.717, 1.165) is 24.4 Å². The Bertz CT molecular complexity index is 581. The number of thioether (sulfide) groups is 1. The molecular formula is C16H21N3OS. The van der Waals surface area contributed by atoms with Gasteiger partial charge in [0.25, 0.3) is 0 Å². The SMILES string of the molecule is Cn1cc([C@@H]2CSCCN2Cc2ccc(CO)cc2)cn1. The van der Waals surface area contributed by atoms with E-state index in [4.69, 9.17) is 5.11 Å². The van der Waals surface area contributed by atoms with Crippen molar-refractivity contribution in [1.29, 1.82) is 0 Å². The van der Waals surface area contributed by atoms with Gasteiger partial charge in [0, 0.05) is 49.4 Å². The van der Waals surface area contributed by atoms with Crippen molar-refractivity contribution < 1.29 is 5.11 Å². The van der Waals surface area contributed by atoms with Gasteiger partial charge in [-0.3, -0.25) is 9.58 Å². The van der Waals surface area contributed by atoms with Gasteiger partial charge >= 0.3 is 0 Å². The monoisotopic (exact) mass is 303 g/mol. The van der Waals surface area contributed by atoms with Crippen molar-refractivity contribution in [1.82, 2.24) is 14.7 Å². The highest BCUT2D eigenvalue weighted by atomic mass is 32.2. The molecule has 21 heavy (non-hydrogen) atoms. The van der Waals surface area contributed by atoms with E-state index in [2.05, 4.69) is 28.3 Å². The van der Waals surface area contributed by atoms with Crippen molar-refractivity contribution in [2.75, 3.05) is 18.1 Å². The quantitative estimate of drug-likeness (QED) is 0.940. The first-order chi connectivity index (χ1) is 10.3. The largest absolute Gasteiger partial charge is 0.392 e. The first kappa shape index (κ1) is 14.6. The van der Waals surface area contributed by atoms with Gasteiger partial charge in [-0.2, -0.15) is 16.9 Å². The van der Waals surface area contributed by atoms with Crippen LogP contribution in [-0.4, -0.2) is 37.8 Å². The van der Waals surface area contributed by atoms with Gasteiger partial charge in [-0.25, -0.2) is 0 Å². The lowest BCUT2D eigenvalue weighted by atomic mass is 10.1. The third-order valence-electron chi connectivity index (χ3n) is 3.94. The molecule has 2 heterocycles. The molecule has 0 aliphatic carbocycles. The summed E-state index contributed by atoms with van der Waals surface area (Å²) in [6.07, 6.45) is 4.11. The fraction of sp³-hybridized carbons (Fsp3) is 0.438. The minimum Gasteiger partial charge on any atom is -0.392 e. The summed E-state index contributed by atoms with van der Waals surface area (Å²) >= 11 is 2.02. The molecule has 1 aliphatic rings. The van der Waals surface area contributed by atoms with Crippen LogP contribution in [0, 0.1) is 0 Å². The van der Waals surface area contributed by atoms with Crippen molar-refractivity contribution in [2.24, 2.45) is 7.05 Å². The van der Waals surface area contributed by atoms with E-state index in [1.54, 1.807) is 0 Å². The highest BCUT2D eigenvalue weighted by Crippen LogP contribution is 2.30. The van der Waals surface area contributed by atoms with Gasteiger partial charge in [-0.05, 0) is 11.1 Å². The smallest absolute Gasteiger partial charge is 0.0681 e. The molecule has 1 N–H and O–H groups in total. The topological polar surface area (TPSA) is 41.3 Å². The van der Waals surface area contributed by atoms with Crippen molar-refractivity contribution in [3.05, 3.63) is 53.3 Å². The minimum absolute atomic E-state index is 0.110. The molecule has 1 saturated heterocycles. The van der Waals surface area contributed by atoms with Gasteiger partial charge < -0.3 is 5.11 Å². The van der Waals surface area contributed by atoms with Crippen molar-refractivity contribution in [2.45, 2.75) is 19.2 Å². The highest BCUT2D eigenvalue weighted by Gasteiger charge is 2.25. The number of benzene rings is 1. The predicted octanol–water partition coefficient (Wildman–Crippen LogP) is 2.20. The summed E-state index contributed by atoms with van der Waals surface area (Å²) in [5.74, 6) is 2.31. The molecule has 3 rings (SSSR count). The third-order valence-corrected chi connectivity index (χ3v) is 4.96. The van der Waals surface area contributed by atoms with Crippen LogP contribution in [0.2, 0.25) is 0 Å². The third kappa shape index (κ3) is 3.48. The molecule has 1 aromatic heterocycles. The Morgan fingerprint density at radius 1 is 1.29 bits per heavy atom. The number of aliphatic hydroxyl groups is 1. The maximum Gasteiger partial charge on any atom is 0.0681 e. The van der Waals surface area contributed by atoms with Crippen molar-refractivity contribution in [3.63, 3.8) is 0 Å². The lowest BCUT2D eigenvalue weighted by molar-refractivity contribution is 0.212. The molecule has 0 unspecified atom stereocenters. The molecule has 0 bridgehead atoms. The standard InChI is InChI=1S/C16H21N3OS/c1-18-10-15(8-17-18)16-12-21-7-6-19(16)9-13-2-4-14(11-20)5-3-13/h2-5,8,10,16,20H,6-7,9,11-12H2,1H3/t16-/m0/s1. The molecule has 4 nitrogen and oxygen atoms in total. The number of hydrogen-bond donors (Lipinski definition) is 1. The summed E-state index contributed by atoms with van der Waals surface area (Å²) in [5.41, 5.74) is 3.57. The zero-order valence-electron chi connectivity index (χ0n) is 12.3. The normalized spacial score (nSPS) is 19.8. The lowest BCUT2D eigenvalue weighted by Crippen LogP contribution is -2.35. The van der Waals surface area contributed by atoms with Crippen LogP contribution in [0.4, 0.5) is 0 Å². The van der Waals surface area contributed by atoms with Crippen LogP contribution < -0.4 is 0 Å².